The topological polar surface area (TPSA) is 70.1 Å². The minimum atomic E-state index is -0.286. The fourth-order valence-corrected chi connectivity index (χ4v) is 2.94. The van der Waals surface area contributed by atoms with Crippen LogP contribution in [0.15, 0.2) is 29.4 Å². The summed E-state index contributed by atoms with van der Waals surface area (Å²) in [5.74, 6) is -0.286. The van der Waals surface area contributed by atoms with Crippen LogP contribution in [0, 0.1) is 0 Å². The van der Waals surface area contributed by atoms with Gasteiger partial charge < -0.3 is 0 Å². The van der Waals surface area contributed by atoms with E-state index in [1.54, 1.807) is 6.07 Å². The Hall–Kier alpha value is -2.14. The lowest BCUT2D eigenvalue weighted by atomic mass is 9.96. The van der Waals surface area contributed by atoms with Crippen molar-refractivity contribution in [2.45, 2.75) is 32.6 Å². The minimum Gasteiger partial charge on any atom is -0.281 e. The second-order valence-electron chi connectivity index (χ2n) is 5.35. The van der Waals surface area contributed by atoms with Gasteiger partial charge in [-0.3, -0.25) is 9.89 Å². The van der Waals surface area contributed by atoms with E-state index in [9.17, 15) is 4.79 Å². The van der Waals surface area contributed by atoms with E-state index in [2.05, 4.69) is 20.7 Å². The van der Waals surface area contributed by atoms with Crippen molar-refractivity contribution in [1.82, 2.24) is 15.6 Å². The summed E-state index contributed by atoms with van der Waals surface area (Å²) in [5.41, 5.74) is 6.57. The molecule has 5 nitrogen and oxygen atoms in total. The van der Waals surface area contributed by atoms with Crippen molar-refractivity contribution in [2.24, 2.45) is 5.10 Å². The Labute approximate surface area is 133 Å². The third-order valence-electron chi connectivity index (χ3n) is 3.86. The molecule has 22 heavy (non-hydrogen) atoms. The molecular weight excluding hydrogens is 300 g/mol. The number of amides is 1. The average molecular weight is 317 g/mol. The van der Waals surface area contributed by atoms with Gasteiger partial charge in [-0.2, -0.15) is 10.2 Å². The first kappa shape index (κ1) is 14.8. The van der Waals surface area contributed by atoms with Gasteiger partial charge in [-0.05, 0) is 38.7 Å². The molecule has 1 amide bonds. The molecular formula is C16H17ClN4O. The van der Waals surface area contributed by atoms with Gasteiger partial charge in [-0.1, -0.05) is 29.8 Å². The zero-order chi connectivity index (χ0) is 15.5. The van der Waals surface area contributed by atoms with Crippen LogP contribution in [-0.2, 0) is 12.8 Å². The summed E-state index contributed by atoms with van der Waals surface area (Å²) in [6.07, 6.45) is 4.08. The van der Waals surface area contributed by atoms with Gasteiger partial charge in [-0.25, -0.2) is 5.43 Å². The van der Waals surface area contributed by atoms with Crippen molar-refractivity contribution in [3.05, 3.63) is 51.8 Å². The molecule has 0 aliphatic heterocycles. The highest BCUT2D eigenvalue weighted by Crippen LogP contribution is 2.22. The molecule has 6 heteroatoms. The van der Waals surface area contributed by atoms with Gasteiger partial charge in [0.25, 0.3) is 5.91 Å². The minimum absolute atomic E-state index is 0.286. The molecule has 0 spiro atoms. The van der Waals surface area contributed by atoms with Crippen LogP contribution in [0.3, 0.4) is 0 Å². The standard InChI is InChI=1S/C16H17ClN4O/c1-10(11-6-2-4-8-13(11)17)18-21-16(22)15-12-7-3-5-9-14(12)19-20-15/h2,4,6,8H,3,5,7,9H2,1H3,(H,19,20)(H,21,22). The lowest BCUT2D eigenvalue weighted by molar-refractivity contribution is 0.0949. The Morgan fingerprint density at radius 2 is 2.09 bits per heavy atom. The summed E-state index contributed by atoms with van der Waals surface area (Å²) in [5, 5.41) is 11.8. The molecule has 0 unspecified atom stereocenters. The molecule has 0 saturated carbocycles. The third-order valence-corrected chi connectivity index (χ3v) is 4.19. The number of fused-ring (bicyclic) bond motifs is 1. The molecule has 1 aliphatic carbocycles. The second-order valence-corrected chi connectivity index (χ2v) is 5.76. The smallest absolute Gasteiger partial charge is 0.281 e. The Kier molecular flexibility index (Phi) is 4.24. The number of carbonyl (C=O) groups is 1. The van der Waals surface area contributed by atoms with E-state index in [1.807, 2.05) is 25.1 Å². The number of rotatable bonds is 3. The van der Waals surface area contributed by atoms with Crippen molar-refractivity contribution >= 4 is 23.2 Å². The fraction of sp³-hybridized carbons (Fsp3) is 0.312. The number of H-pyrrole nitrogens is 1. The summed E-state index contributed by atoms with van der Waals surface area (Å²) < 4.78 is 0. The van der Waals surface area contributed by atoms with Gasteiger partial charge in [0.1, 0.15) is 0 Å². The van der Waals surface area contributed by atoms with Crippen molar-refractivity contribution in [3.8, 4) is 0 Å². The first-order valence-electron chi connectivity index (χ1n) is 7.32. The SMILES string of the molecule is CC(=NNC(=O)c1n[nH]c2c1CCCC2)c1ccccc1Cl. The maximum Gasteiger partial charge on any atom is 0.292 e. The number of carbonyl (C=O) groups excluding carboxylic acids is 1. The molecule has 1 aliphatic rings. The van der Waals surface area contributed by atoms with Crippen molar-refractivity contribution in [2.75, 3.05) is 0 Å². The summed E-state index contributed by atoms with van der Waals surface area (Å²) in [4.78, 5) is 12.3. The number of aromatic nitrogens is 2. The van der Waals surface area contributed by atoms with E-state index in [0.29, 0.717) is 16.4 Å². The van der Waals surface area contributed by atoms with E-state index in [-0.39, 0.29) is 5.91 Å². The number of aryl methyl sites for hydroxylation is 1. The lowest BCUT2D eigenvalue weighted by Crippen LogP contribution is -2.21. The molecule has 3 rings (SSSR count). The second kappa shape index (κ2) is 6.32. The van der Waals surface area contributed by atoms with Gasteiger partial charge in [-0.15, -0.1) is 0 Å². The lowest BCUT2D eigenvalue weighted by Gasteiger charge is -2.10. The van der Waals surface area contributed by atoms with Crippen LogP contribution in [0.25, 0.3) is 0 Å². The Morgan fingerprint density at radius 3 is 2.91 bits per heavy atom. The van der Waals surface area contributed by atoms with Crippen LogP contribution in [0.4, 0.5) is 0 Å². The van der Waals surface area contributed by atoms with Crippen LogP contribution in [0.5, 0.6) is 0 Å². The molecule has 1 aromatic carbocycles. The highest BCUT2D eigenvalue weighted by atomic mass is 35.5. The maximum atomic E-state index is 12.3. The monoisotopic (exact) mass is 316 g/mol. The first-order valence-corrected chi connectivity index (χ1v) is 7.70. The van der Waals surface area contributed by atoms with Gasteiger partial charge in [0.05, 0.1) is 5.71 Å². The normalized spacial score (nSPS) is 14.5. The maximum absolute atomic E-state index is 12.3. The number of halogens is 1. The number of nitrogens with one attached hydrogen (secondary N) is 2. The summed E-state index contributed by atoms with van der Waals surface area (Å²) >= 11 is 6.12. The Balaban J connectivity index is 1.76. The summed E-state index contributed by atoms with van der Waals surface area (Å²) in [6.45, 7) is 1.81. The predicted molar refractivity (Wildman–Crippen MR) is 86.4 cm³/mol. The van der Waals surface area contributed by atoms with E-state index < -0.39 is 0 Å². The van der Waals surface area contributed by atoms with E-state index in [0.717, 1.165) is 42.5 Å². The molecule has 1 aromatic heterocycles. The predicted octanol–water partition coefficient (Wildman–Crippen LogP) is 3.10. The number of aromatic amines is 1. The van der Waals surface area contributed by atoms with Crippen LogP contribution in [-0.4, -0.2) is 21.8 Å². The molecule has 0 radical (unpaired) electrons. The molecule has 0 fully saturated rings. The van der Waals surface area contributed by atoms with Crippen LogP contribution in [0.1, 0.15) is 47.1 Å². The number of benzene rings is 1. The van der Waals surface area contributed by atoms with Crippen LogP contribution < -0.4 is 5.43 Å². The van der Waals surface area contributed by atoms with Crippen molar-refractivity contribution in [1.29, 1.82) is 0 Å². The third kappa shape index (κ3) is 2.90. The van der Waals surface area contributed by atoms with Gasteiger partial charge in [0.15, 0.2) is 5.69 Å². The number of hydrogen-bond donors (Lipinski definition) is 2. The number of hydrogen-bond acceptors (Lipinski definition) is 3. The Bertz CT molecular complexity index is 735. The highest BCUT2D eigenvalue weighted by Gasteiger charge is 2.21. The molecule has 0 bridgehead atoms. The average Bonchev–Trinajstić information content (AvgIpc) is 2.97. The van der Waals surface area contributed by atoms with Gasteiger partial charge >= 0.3 is 0 Å². The summed E-state index contributed by atoms with van der Waals surface area (Å²) in [6, 6.07) is 7.39. The van der Waals surface area contributed by atoms with Gasteiger partial charge in [0, 0.05) is 21.8 Å². The molecule has 1 heterocycles. The van der Waals surface area contributed by atoms with Gasteiger partial charge in [0.2, 0.25) is 0 Å². The van der Waals surface area contributed by atoms with E-state index >= 15 is 0 Å². The first-order chi connectivity index (χ1) is 10.7. The quantitative estimate of drug-likeness (QED) is 0.674. The van der Waals surface area contributed by atoms with Crippen LogP contribution in [0.2, 0.25) is 5.02 Å². The molecule has 2 aromatic rings. The van der Waals surface area contributed by atoms with E-state index in [1.165, 1.54) is 0 Å². The largest absolute Gasteiger partial charge is 0.292 e. The van der Waals surface area contributed by atoms with Crippen molar-refractivity contribution < 1.29 is 4.79 Å². The zero-order valence-corrected chi connectivity index (χ0v) is 13.1. The molecule has 0 atom stereocenters. The Morgan fingerprint density at radius 1 is 1.32 bits per heavy atom. The molecule has 0 saturated heterocycles. The zero-order valence-electron chi connectivity index (χ0n) is 12.3. The van der Waals surface area contributed by atoms with Crippen molar-refractivity contribution in [3.63, 3.8) is 0 Å². The molecule has 114 valence electrons. The number of hydrazone groups is 1. The van der Waals surface area contributed by atoms with Crippen LogP contribution >= 0.6 is 11.6 Å². The summed E-state index contributed by atoms with van der Waals surface area (Å²) in [7, 11) is 0. The van der Waals surface area contributed by atoms with E-state index in [4.69, 9.17) is 11.6 Å². The number of nitrogens with zero attached hydrogens (tertiary/aromatic N) is 2. The highest BCUT2D eigenvalue weighted by molar-refractivity contribution is 6.34. The fourth-order valence-electron chi connectivity index (χ4n) is 2.67. The molecule has 2 N–H and O–H groups in total.